The molecule has 3 unspecified atom stereocenters. The van der Waals surface area contributed by atoms with Crippen molar-refractivity contribution in [2.75, 3.05) is 7.11 Å². The van der Waals surface area contributed by atoms with E-state index >= 15 is 0 Å². The van der Waals surface area contributed by atoms with Crippen molar-refractivity contribution in [2.45, 2.75) is 96.8 Å². The Morgan fingerprint density at radius 3 is 1.95 bits per heavy atom. The maximum atomic E-state index is 7.75. The minimum Gasteiger partial charge on any atom is -0.654 e. The molecule has 1 aromatic heterocycles. The summed E-state index contributed by atoms with van der Waals surface area (Å²) in [5, 5.41) is 6.51. The SMILES string of the molecule is COc1c(C(C)(C)C)cc(PC2CCCC2[C@@H](C)[N-]Cc2ccccn2)cc1C(C)(C)C.[CH-]=O.[CH-]=O.[CH-]=O.[Mn]. The van der Waals surface area contributed by atoms with Gasteiger partial charge in [-0.2, -0.15) is 0 Å². The van der Waals surface area contributed by atoms with E-state index in [4.69, 9.17) is 24.4 Å². The van der Waals surface area contributed by atoms with Crippen LogP contribution >= 0.6 is 8.58 Å². The number of hydrogen-bond acceptors (Lipinski definition) is 5. The Kier molecular flexibility index (Phi) is 19.3. The largest absolute Gasteiger partial charge is 0.654 e. The first kappa shape index (κ1) is 39.2. The molecule has 0 spiro atoms. The van der Waals surface area contributed by atoms with Crippen molar-refractivity contribution in [3.05, 3.63) is 58.7 Å². The summed E-state index contributed by atoms with van der Waals surface area (Å²) in [6.07, 6.45) is 5.78. The van der Waals surface area contributed by atoms with Crippen LogP contribution in [0.2, 0.25) is 0 Å². The van der Waals surface area contributed by atoms with Crippen molar-refractivity contribution in [1.29, 1.82) is 0 Å². The Labute approximate surface area is 249 Å². The van der Waals surface area contributed by atoms with Gasteiger partial charge in [0.25, 0.3) is 0 Å². The number of benzene rings is 1. The maximum absolute atomic E-state index is 7.75. The van der Waals surface area contributed by atoms with Crippen molar-refractivity contribution in [3.8, 4) is 5.75 Å². The molecule has 0 aliphatic heterocycles. The van der Waals surface area contributed by atoms with Gasteiger partial charge in [0.15, 0.2) is 0 Å². The van der Waals surface area contributed by atoms with E-state index in [1.54, 1.807) is 0 Å². The number of methoxy groups -OCH3 is 1. The predicted octanol–water partition coefficient (Wildman–Crippen LogP) is 6.30. The molecule has 0 saturated heterocycles. The molecule has 1 aromatic carbocycles. The molecule has 8 heteroatoms. The van der Waals surface area contributed by atoms with Crippen LogP contribution in [-0.4, -0.2) is 44.2 Å². The third-order valence-corrected chi connectivity index (χ3v) is 8.43. The van der Waals surface area contributed by atoms with Gasteiger partial charge in [-0.1, -0.05) is 81.9 Å². The van der Waals surface area contributed by atoms with Crippen LogP contribution in [0, 0.1) is 5.92 Å². The van der Waals surface area contributed by atoms with E-state index in [1.807, 2.05) is 25.4 Å². The number of ether oxygens (including phenoxy) is 1. The quantitative estimate of drug-likeness (QED) is 0.162. The van der Waals surface area contributed by atoms with Crippen LogP contribution in [-0.2, 0) is 48.8 Å². The summed E-state index contributed by atoms with van der Waals surface area (Å²) in [4.78, 5) is 27.7. The monoisotopic (exact) mass is 595 g/mol. The van der Waals surface area contributed by atoms with E-state index in [1.165, 1.54) is 35.7 Å². The van der Waals surface area contributed by atoms with Crippen molar-refractivity contribution in [3.63, 3.8) is 0 Å². The third kappa shape index (κ3) is 12.0. The minimum absolute atomic E-state index is 0. The fourth-order valence-electron chi connectivity index (χ4n) is 4.87. The van der Waals surface area contributed by atoms with Gasteiger partial charge < -0.3 is 24.4 Å². The Balaban J connectivity index is 0. The second-order valence-corrected chi connectivity index (χ2v) is 13.0. The van der Waals surface area contributed by atoms with Crippen LogP contribution in [0.15, 0.2) is 36.5 Å². The molecule has 1 aliphatic rings. The molecule has 2 aromatic rings. The van der Waals surface area contributed by atoms with Crippen LogP contribution in [0.25, 0.3) is 5.32 Å². The fraction of sp³-hybridized carbons (Fsp3) is 0.548. The van der Waals surface area contributed by atoms with Gasteiger partial charge in [-0.15, -0.1) is 12.6 Å². The molecule has 1 saturated carbocycles. The molecule has 0 bridgehead atoms. The molecule has 0 amide bonds. The van der Waals surface area contributed by atoms with Crippen LogP contribution in [0.5, 0.6) is 5.75 Å². The molecule has 3 rings (SSSR count). The fourth-order valence-corrected chi connectivity index (χ4v) is 6.76. The van der Waals surface area contributed by atoms with Gasteiger partial charge in [0, 0.05) is 40.1 Å². The van der Waals surface area contributed by atoms with Gasteiger partial charge in [-0.05, 0) is 52.5 Å². The third-order valence-electron chi connectivity index (χ3n) is 6.72. The van der Waals surface area contributed by atoms with E-state index in [2.05, 4.69) is 92.0 Å². The number of carbonyl (C=O) groups excluding carboxylic acids is 3. The normalized spacial score (nSPS) is 17.3. The molecular weight excluding hydrogens is 550 g/mol. The maximum Gasteiger partial charge on any atom is 0.126 e. The van der Waals surface area contributed by atoms with Gasteiger partial charge in [0.2, 0.25) is 0 Å². The summed E-state index contributed by atoms with van der Waals surface area (Å²) in [7, 11) is 2.64. The zero-order valence-corrected chi connectivity index (χ0v) is 26.8. The van der Waals surface area contributed by atoms with Crippen molar-refractivity contribution in [1.82, 2.24) is 4.98 Å². The summed E-state index contributed by atoms with van der Waals surface area (Å²) in [5.41, 5.74) is 4.54. The smallest absolute Gasteiger partial charge is 0.126 e. The summed E-state index contributed by atoms with van der Waals surface area (Å²) >= 11 is 0. The van der Waals surface area contributed by atoms with Crippen molar-refractivity contribution in [2.24, 2.45) is 5.92 Å². The Bertz CT molecular complexity index is 908. The minimum atomic E-state index is 0. The molecule has 1 heterocycles. The van der Waals surface area contributed by atoms with E-state index in [0.29, 0.717) is 17.6 Å². The van der Waals surface area contributed by atoms with Gasteiger partial charge in [-0.3, -0.25) is 25.4 Å². The molecule has 0 N–H and O–H groups in total. The van der Waals surface area contributed by atoms with Crippen LogP contribution < -0.4 is 10.0 Å². The molecule has 1 radical (unpaired) electrons. The average Bonchev–Trinajstić information content (AvgIpc) is 3.38. The molecule has 4 atom stereocenters. The average molecular weight is 596 g/mol. The first-order valence-electron chi connectivity index (χ1n) is 12.8. The van der Waals surface area contributed by atoms with E-state index in [0.717, 1.165) is 26.6 Å². The second-order valence-electron chi connectivity index (χ2n) is 11.4. The van der Waals surface area contributed by atoms with Crippen molar-refractivity contribution >= 4 is 34.3 Å². The number of hydrogen-bond donors (Lipinski definition) is 0. The van der Waals surface area contributed by atoms with Gasteiger partial charge >= 0.3 is 0 Å². The second kappa shape index (κ2) is 19.2. The van der Waals surface area contributed by atoms with Crippen LogP contribution in [0.3, 0.4) is 0 Å². The Morgan fingerprint density at radius 1 is 0.974 bits per heavy atom. The van der Waals surface area contributed by atoms with E-state index in [-0.39, 0.29) is 27.9 Å². The van der Waals surface area contributed by atoms with Crippen LogP contribution in [0.4, 0.5) is 0 Å². The number of aromatic nitrogens is 1. The zero-order valence-electron chi connectivity index (χ0n) is 24.7. The van der Waals surface area contributed by atoms with E-state index < -0.39 is 0 Å². The first-order valence-corrected chi connectivity index (χ1v) is 13.8. The Hall–Kier alpha value is -1.91. The van der Waals surface area contributed by atoms with Crippen molar-refractivity contribution < 1.29 is 36.2 Å². The molecular formula is C31H45MnN2O4P-4. The van der Waals surface area contributed by atoms with Crippen LogP contribution in [0.1, 0.15) is 84.5 Å². The summed E-state index contributed by atoms with van der Waals surface area (Å²) < 4.78 is 5.97. The molecule has 39 heavy (non-hydrogen) atoms. The van der Waals surface area contributed by atoms with Gasteiger partial charge in [0.05, 0.1) is 7.11 Å². The van der Waals surface area contributed by atoms with E-state index in [9.17, 15) is 0 Å². The number of pyridine rings is 1. The number of rotatable bonds is 7. The zero-order chi connectivity index (χ0) is 29.5. The summed E-state index contributed by atoms with van der Waals surface area (Å²) in [6.45, 7) is 26.5. The summed E-state index contributed by atoms with van der Waals surface area (Å²) in [5.74, 6) is 1.73. The molecule has 6 nitrogen and oxygen atoms in total. The topological polar surface area (TPSA) is 87.4 Å². The first-order chi connectivity index (χ1) is 18.0. The molecule has 1 fully saturated rings. The standard InChI is InChI=1S/C28H42N2OP.3CHO.Mn/c1-19(30-18-20-12-9-10-15-29-20)22-13-11-14-25(22)32-21-16-23(27(2,3)4)26(31-8)24(17-21)28(5,6)7;3*1-2;/h9-10,12,15-17,19,22,25,32H,11,13-14,18H2,1-8H3;3*1H;/q4*-1;/t19-,22?,25?;;;;/m1..../s1. The molecule has 1 aliphatic carbocycles. The Morgan fingerprint density at radius 2 is 1.51 bits per heavy atom. The molecule has 219 valence electrons. The van der Waals surface area contributed by atoms with Gasteiger partial charge in [-0.25, -0.2) is 0 Å². The van der Waals surface area contributed by atoms with Gasteiger partial charge in [0.1, 0.15) is 5.75 Å². The number of nitrogens with zero attached hydrogens (tertiary/aromatic N) is 2. The predicted molar refractivity (Wildman–Crippen MR) is 160 cm³/mol. The summed E-state index contributed by atoms with van der Waals surface area (Å²) in [6, 6.07) is 11.3.